The topological polar surface area (TPSA) is 58.6 Å². The third kappa shape index (κ3) is 7.70. The Balaban J connectivity index is 2.16. The number of nitrogens with one attached hydrogen (secondary N) is 1. The number of ether oxygens (including phenoxy) is 1. The Morgan fingerprint density at radius 1 is 0.969 bits per heavy atom. The van der Waals surface area contributed by atoms with Gasteiger partial charge in [-0.1, -0.05) is 83.1 Å². The fourth-order valence-corrected chi connectivity index (χ4v) is 3.63. The lowest BCUT2D eigenvalue weighted by Crippen LogP contribution is -2.51. The lowest BCUT2D eigenvalue weighted by molar-refractivity contribution is -0.142. The number of benzene rings is 2. The summed E-state index contributed by atoms with van der Waals surface area (Å²) in [6.07, 6.45) is 1.23. The van der Waals surface area contributed by atoms with Gasteiger partial charge in [-0.2, -0.15) is 0 Å². The molecule has 0 heterocycles. The molecule has 0 radical (unpaired) electrons. The Kier molecular flexibility index (Phi) is 10.3. The first-order valence-electron chi connectivity index (χ1n) is 11.7. The van der Waals surface area contributed by atoms with Gasteiger partial charge in [-0.25, -0.2) is 0 Å². The average molecular weight is 439 g/mol. The molecule has 2 rings (SSSR count). The van der Waals surface area contributed by atoms with Gasteiger partial charge in [0, 0.05) is 13.1 Å². The van der Waals surface area contributed by atoms with Gasteiger partial charge in [-0.15, -0.1) is 0 Å². The van der Waals surface area contributed by atoms with Crippen LogP contribution >= 0.6 is 0 Å². The summed E-state index contributed by atoms with van der Waals surface area (Å²) in [6, 6.07) is 17.3. The molecule has 174 valence electrons. The molecule has 2 amide bonds. The number of hydrogen-bond donors (Lipinski definition) is 1. The summed E-state index contributed by atoms with van der Waals surface area (Å²) in [6.45, 7) is 11.2. The molecule has 5 heteroatoms. The number of hydrogen-bond acceptors (Lipinski definition) is 3. The van der Waals surface area contributed by atoms with Crippen molar-refractivity contribution in [1.29, 1.82) is 0 Å². The molecule has 0 aliphatic carbocycles. The molecular weight excluding hydrogens is 400 g/mol. The van der Waals surface area contributed by atoms with Crippen LogP contribution in [0.5, 0.6) is 5.75 Å². The van der Waals surface area contributed by atoms with Crippen LogP contribution in [-0.2, 0) is 16.0 Å². The molecule has 0 saturated heterocycles. The fraction of sp³-hybridized carbons (Fsp3) is 0.481. The second kappa shape index (κ2) is 12.9. The molecule has 0 saturated carbocycles. The lowest BCUT2D eigenvalue weighted by Gasteiger charge is -2.31. The highest BCUT2D eigenvalue weighted by Crippen LogP contribution is 2.26. The quantitative estimate of drug-likeness (QED) is 0.517. The third-order valence-electron chi connectivity index (χ3n) is 5.45. The molecule has 1 atom stereocenters. The predicted octanol–water partition coefficient (Wildman–Crippen LogP) is 4.81. The molecule has 0 aliphatic rings. The van der Waals surface area contributed by atoms with Crippen molar-refractivity contribution in [1.82, 2.24) is 10.2 Å². The van der Waals surface area contributed by atoms with Crippen LogP contribution in [0.25, 0.3) is 0 Å². The van der Waals surface area contributed by atoms with Crippen molar-refractivity contribution >= 4 is 11.8 Å². The second-order valence-corrected chi connectivity index (χ2v) is 8.87. The number of para-hydroxylation sites is 1. The first kappa shape index (κ1) is 25.4. The van der Waals surface area contributed by atoms with Crippen molar-refractivity contribution in [3.05, 3.63) is 65.7 Å². The summed E-state index contributed by atoms with van der Waals surface area (Å²) in [5.41, 5.74) is 2.20. The van der Waals surface area contributed by atoms with E-state index in [1.807, 2.05) is 61.5 Å². The molecule has 0 aliphatic heterocycles. The van der Waals surface area contributed by atoms with Gasteiger partial charge in [0.25, 0.3) is 5.91 Å². The van der Waals surface area contributed by atoms with Gasteiger partial charge in [0.15, 0.2) is 6.61 Å². The first-order valence-corrected chi connectivity index (χ1v) is 11.7. The summed E-state index contributed by atoms with van der Waals surface area (Å²) in [5, 5.41) is 2.99. The van der Waals surface area contributed by atoms with Gasteiger partial charge in [0.1, 0.15) is 11.8 Å². The van der Waals surface area contributed by atoms with Crippen LogP contribution < -0.4 is 10.1 Å². The molecule has 0 bridgehead atoms. The van der Waals surface area contributed by atoms with Gasteiger partial charge in [0.2, 0.25) is 5.91 Å². The maximum atomic E-state index is 13.3. The van der Waals surface area contributed by atoms with E-state index >= 15 is 0 Å². The van der Waals surface area contributed by atoms with E-state index in [9.17, 15) is 9.59 Å². The minimum Gasteiger partial charge on any atom is -0.483 e. The van der Waals surface area contributed by atoms with E-state index in [1.54, 1.807) is 4.90 Å². The number of carbonyl (C=O) groups excluding carboxylic acids is 2. The van der Waals surface area contributed by atoms with E-state index in [-0.39, 0.29) is 18.4 Å². The van der Waals surface area contributed by atoms with Crippen LogP contribution in [0.15, 0.2) is 54.6 Å². The summed E-state index contributed by atoms with van der Waals surface area (Å²) in [5.74, 6) is 1.08. The largest absolute Gasteiger partial charge is 0.483 e. The van der Waals surface area contributed by atoms with Gasteiger partial charge >= 0.3 is 0 Å². The van der Waals surface area contributed by atoms with Gasteiger partial charge < -0.3 is 15.0 Å². The van der Waals surface area contributed by atoms with Crippen LogP contribution in [0.3, 0.4) is 0 Å². The summed E-state index contributed by atoms with van der Waals surface area (Å²) >= 11 is 0. The molecular formula is C27H38N2O3. The molecule has 5 nitrogen and oxygen atoms in total. The van der Waals surface area contributed by atoms with E-state index < -0.39 is 6.04 Å². The number of carbonyl (C=O) groups is 2. The van der Waals surface area contributed by atoms with E-state index in [4.69, 9.17) is 4.74 Å². The van der Waals surface area contributed by atoms with Crippen LogP contribution in [0, 0.1) is 5.92 Å². The van der Waals surface area contributed by atoms with E-state index in [1.165, 1.54) is 0 Å². The van der Waals surface area contributed by atoms with E-state index in [2.05, 4.69) is 33.0 Å². The molecule has 2 aromatic carbocycles. The first-order chi connectivity index (χ1) is 15.3. The summed E-state index contributed by atoms with van der Waals surface area (Å²) in [7, 11) is 0. The van der Waals surface area contributed by atoms with Crippen molar-refractivity contribution in [2.45, 2.75) is 59.4 Å². The zero-order valence-electron chi connectivity index (χ0n) is 20.1. The Bertz CT molecular complexity index is 849. The molecule has 2 aromatic rings. The van der Waals surface area contributed by atoms with Gasteiger partial charge in [-0.3, -0.25) is 9.59 Å². The third-order valence-corrected chi connectivity index (χ3v) is 5.45. The Hall–Kier alpha value is -2.82. The van der Waals surface area contributed by atoms with Crippen LogP contribution in [0.2, 0.25) is 0 Å². The van der Waals surface area contributed by atoms with Crippen molar-refractivity contribution < 1.29 is 14.3 Å². The minimum atomic E-state index is -0.520. The average Bonchev–Trinajstić information content (AvgIpc) is 2.79. The van der Waals surface area contributed by atoms with E-state index in [0.717, 1.165) is 16.9 Å². The maximum Gasteiger partial charge on any atom is 0.261 e. The highest BCUT2D eigenvalue weighted by atomic mass is 16.5. The zero-order chi connectivity index (χ0) is 23.5. The Morgan fingerprint density at radius 3 is 2.25 bits per heavy atom. The highest BCUT2D eigenvalue weighted by Gasteiger charge is 2.28. The fourth-order valence-electron chi connectivity index (χ4n) is 3.63. The van der Waals surface area contributed by atoms with Crippen molar-refractivity contribution in [2.75, 3.05) is 19.7 Å². The zero-order valence-corrected chi connectivity index (χ0v) is 20.1. The molecule has 0 fully saturated rings. The normalized spacial score (nSPS) is 12.0. The van der Waals surface area contributed by atoms with Crippen molar-refractivity contribution in [3.63, 3.8) is 0 Å². The summed E-state index contributed by atoms with van der Waals surface area (Å²) in [4.78, 5) is 27.9. The lowest BCUT2D eigenvalue weighted by atomic mass is 10.0. The van der Waals surface area contributed by atoms with Crippen molar-refractivity contribution in [3.8, 4) is 5.75 Å². The Morgan fingerprint density at radius 2 is 1.62 bits per heavy atom. The molecule has 1 N–H and O–H groups in total. The standard InChI is InChI=1S/C27H38N2O3/c1-6-24(27(31)28-18-20(2)3)29(17-16-22-12-8-7-9-13-22)26(30)19-32-25-15-11-10-14-23(25)21(4)5/h7-15,20-21,24H,6,16-19H2,1-5H3,(H,28,31)/t24-/m1/s1. The van der Waals surface area contributed by atoms with Crippen LogP contribution in [0.4, 0.5) is 0 Å². The maximum absolute atomic E-state index is 13.3. The molecule has 0 aromatic heterocycles. The SMILES string of the molecule is CC[C@H](C(=O)NCC(C)C)N(CCc1ccccc1)C(=O)COc1ccccc1C(C)C. The molecule has 0 spiro atoms. The minimum absolute atomic E-state index is 0.0908. The highest BCUT2D eigenvalue weighted by molar-refractivity contribution is 5.88. The summed E-state index contributed by atoms with van der Waals surface area (Å²) < 4.78 is 5.94. The number of amides is 2. The molecule has 0 unspecified atom stereocenters. The van der Waals surface area contributed by atoms with Crippen LogP contribution in [-0.4, -0.2) is 42.5 Å². The number of nitrogens with zero attached hydrogens (tertiary/aromatic N) is 1. The Labute approximate surface area is 193 Å². The van der Waals surface area contributed by atoms with Gasteiger partial charge in [0.05, 0.1) is 0 Å². The smallest absolute Gasteiger partial charge is 0.261 e. The van der Waals surface area contributed by atoms with Gasteiger partial charge in [-0.05, 0) is 41.9 Å². The molecule has 32 heavy (non-hydrogen) atoms. The van der Waals surface area contributed by atoms with E-state index in [0.29, 0.717) is 37.8 Å². The second-order valence-electron chi connectivity index (χ2n) is 8.87. The van der Waals surface area contributed by atoms with Crippen molar-refractivity contribution in [2.24, 2.45) is 5.92 Å². The predicted molar refractivity (Wildman–Crippen MR) is 130 cm³/mol. The van der Waals surface area contributed by atoms with Crippen LogP contribution in [0.1, 0.15) is 58.1 Å². The number of rotatable bonds is 12. The monoisotopic (exact) mass is 438 g/mol.